The van der Waals surface area contributed by atoms with E-state index in [1.807, 2.05) is 0 Å². The van der Waals surface area contributed by atoms with E-state index in [4.69, 9.17) is 0 Å². The summed E-state index contributed by atoms with van der Waals surface area (Å²) in [5.74, 6) is 0. The second-order valence-electron chi connectivity index (χ2n) is 1.50. The van der Waals surface area contributed by atoms with Crippen molar-refractivity contribution in [3.63, 3.8) is 0 Å². The van der Waals surface area contributed by atoms with Gasteiger partial charge < -0.3 is 6.15 Å². The predicted molar refractivity (Wildman–Crippen MR) is 28.4 cm³/mol. The molecule has 0 aliphatic rings. The topological polar surface area (TPSA) is 35.0 Å². The summed E-state index contributed by atoms with van der Waals surface area (Å²) in [5, 5.41) is 0. The molecule has 0 saturated carbocycles. The van der Waals surface area contributed by atoms with Crippen LogP contribution < -0.4 is 35.7 Å². The van der Waals surface area contributed by atoms with Gasteiger partial charge in [0.05, 0.1) is 0 Å². The van der Waals surface area contributed by atoms with Crippen LogP contribution in [0.25, 0.3) is 0 Å². The van der Waals surface area contributed by atoms with Gasteiger partial charge in [0.25, 0.3) is 0 Å². The van der Waals surface area contributed by atoms with Crippen molar-refractivity contribution in [2.45, 2.75) is 19.6 Å². The van der Waals surface area contributed by atoms with Gasteiger partial charge in [-0.15, -0.1) is 0 Å². The summed E-state index contributed by atoms with van der Waals surface area (Å²) in [4.78, 5) is 0. The molecule has 0 aromatic heterocycles. The molecule has 0 saturated heterocycles. The second kappa shape index (κ2) is 9.49. The number of rotatable bonds is 0. The Balaban J connectivity index is -0.0000000450. The third-order valence-electron chi connectivity index (χ3n) is 0. The Hall–Kier alpha value is 1.18. The van der Waals surface area contributed by atoms with Crippen LogP contribution in [0, 0.1) is 0 Å². The SMILES string of the molecule is C[Si-](C)C.N.[Na+]. The maximum absolute atomic E-state index is 2.27. The zero-order valence-corrected chi connectivity index (χ0v) is 8.21. The normalized spacial score (nSPS) is 6.00. The monoisotopic (exact) mass is 113 g/mol. The van der Waals surface area contributed by atoms with Gasteiger partial charge in [-0.2, -0.15) is 19.6 Å². The summed E-state index contributed by atoms with van der Waals surface area (Å²) in [5.41, 5.74) is 0. The molecule has 3 N–H and O–H groups in total. The molecule has 0 rings (SSSR count). The Labute approximate surface area is 64.0 Å². The van der Waals surface area contributed by atoms with Crippen LogP contribution in [0.5, 0.6) is 0 Å². The summed E-state index contributed by atoms with van der Waals surface area (Å²) in [6.07, 6.45) is 0. The van der Waals surface area contributed by atoms with Crippen molar-refractivity contribution in [3.05, 3.63) is 0 Å². The van der Waals surface area contributed by atoms with Gasteiger partial charge in [-0.1, -0.05) is 0 Å². The Morgan fingerprint density at radius 3 is 1.00 bits per heavy atom. The summed E-state index contributed by atoms with van der Waals surface area (Å²) in [6, 6.07) is 0. The predicted octanol–water partition coefficient (Wildman–Crippen LogP) is -1.46. The third kappa shape index (κ3) is 65.2. The van der Waals surface area contributed by atoms with Crippen molar-refractivity contribution in [3.8, 4) is 0 Å². The van der Waals surface area contributed by atoms with Gasteiger partial charge in [0, 0.05) is 0 Å². The van der Waals surface area contributed by atoms with Crippen molar-refractivity contribution in [2.75, 3.05) is 0 Å². The van der Waals surface area contributed by atoms with E-state index in [0.717, 1.165) is 0 Å². The van der Waals surface area contributed by atoms with Gasteiger partial charge in [0.1, 0.15) is 0 Å². The fourth-order valence-corrected chi connectivity index (χ4v) is 0. The average Bonchev–Trinajstić information content (AvgIpc) is 0.811. The van der Waals surface area contributed by atoms with E-state index in [1.165, 1.54) is 0 Å². The summed E-state index contributed by atoms with van der Waals surface area (Å²) in [7, 11) is 0.120. The first-order valence-electron chi connectivity index (χ1n) is 1.50. The van der Waals surface area contributed by atoms with Crippen LogP contribution in [0.1, 0.15) is 0 Å². The average molecular weight is 113 g/mol. The fraction of sp³-hybridized carbons (Fsp3) is 1.00. The van der Waals surface area contributed by atoms with Crippen LogP contribution in [0.3, 0.4) is 0 Å². The minimum Gasteiger partial charge on any atom is -0.344 e. The summed E-state index contributed by atoms with van der Waals surface area (Å²) >= 11 is 0. The Bertz CT molecular complexity index is 15.5. The molecule has 0 spiro atoms. The molecule has 0 bridgehead atoms. The molecule has 1 nitrogen and oxygen atoms in total. The summed E-state index contributed by atoms with van der Waals surface area (Å²) < 4.78 is 0. The van der Waals surface area contributed by atoms with Crippen molar-refractivity contribution >= 4 is 8.80 Å². The zero-order valence-electron chi connectivity index (χ0n) is 5.21. The largest absolute Gasteiger partial charge is 1.00 e. The molecule has 6 heavy (non-hydrogen) atoms. The molecule has 0 amide bonds. The Kier molecular flexibility index (Phi) is 24.8. The minimum atomic E-state index is 0. The van der Waals surface area contributed by atoms with Crippen molar-refractivity contribution in [1.29, 1.82) is 0 Å². The van der Waals surface area contributed by atoms with Crippen molar-refractivity contribution in [1.82, 2.24) is 6.15 Å². The standard InChI is InChI=1S/C3H9Si.H3N.Na/c1-4(2)3;;/h1-3H3;1H3;/q-1;;+1. The van der Waals surface area contributed by atoms with Gasteiger partial charge in [-0.3, -0.25) is 8.80 Å². The molecule has 0 aromatic rings. The fourth-order valence-electron chi connectivity index (χ4n) is 0. The Morgan fingerprint density at radius 2 is 1.00 bits per heavy atom. The number of hydrogen-bond acceptors (Lipinski definition) is 1. The maximum atomic E-state index is 2.27. The van der Waals surface area contributed by atoms with Crippen LogP contribution in [-0.2, 0) is 0 Å². The molecule has 0 fully saturated rings. The van der Waals surface area contributed by atoms with E-state index in [-0.39, 0.29) is 44.5 Å². The van der Waals surface area contributed by atoms with Gasteiger partial charge >= 0.3 is 29.6 Å². The minimum absolute atomic E-state index is 0. The second-order valence-corrected chi connectivity index (χ2v) is 4.50. The van der Waals surface area contributed by atoms with Gasteiger partial charge in [0.15, 0.2) is 0 Å². The van der Waals surface area contributed by atoms with Crippen LogP contribution in [-0.4, -0.2) is 8.80 Å². The smallest absolute Gasteiger partial charge is 0.344 e. The molecule has 3 heteroatoms. The molecular weight excluding hydrogens is 101 g/mol. The molecule has 34 valence electrons. The van der Waals surface area contributed by atoms with Crippen LogP contribution in [0.2, 0.25) is 19.6 Å². The molecule has 0 atom stereocenters. The van der Waals surface area contributed by atoms with Gasteiger partial charge in [0.2, 0.25) is 0 Å². The van der Waals surface area contributed by atoms with Gasteiger partial charge in [-0.25, -0.2) is 0 Å². The molecule has 0 aliphatic heterocycles. The van der Waals surface area contributed by atoms with Crippen LogP contribution in [0.4, 0.5) is 0 Å². The van der Waals surface area contributed by atoms with E-state index in [0.29, 0.717) is 0 Å². The van der Waals surface area contributed by atoms with E-state index >= 15 is 0 Å². The molecule has 0 aliphatic carbocycles. The van der Waals surface area contributed by atoms with Crippen LogP contribution >= 0.6 is 0 Å². The quantitative estimate of drug-likeness (QED) is 0.383. The molecule has 0 radical (unpaired) electrons. The zero-order chi connectivity index (χ0) is 3.58. The first-order chi connectivity index (χ1) is 1.73. The van der Waals surface area contributed by atoms with E-state index in [1.54, 1.807) is 0 Å². The van der Waals surface area contributed by atoms with E-state index in [2.05, 4.69) is 19.6 Å². The van der Waals surface area contributed by atoms with Crippen LogP contribution in [0.15, 0.2) is 0 Å². The molecule has 0 heterocycles. The maximum Gasteiger partial charge on any atom is 1.00 e. The molecular formula is C3H12NNaSi. The summed E-state index contributed by atoms with van der Waals surface area (Å²) in [6.45, 7) is 6.81. The van der Waals surface area contributed by atoms with Gasteiger partial charge in [-0.05, 0) is 0 Å². The van der Waals surface area contributed by atoms with E-state index < -0.39 is 0 Å². The first kappa shape index (κ1) is 15.7. The third-order valence-corrected chi connectivity index (χ3v) is 0. The first-order valence-corrected chi connectivity index (χ1v) is 4.50. The molecule has 0 aromatic carbocycles. The Morgan fingerprint density at radius 1 is 1.00 bits per heavy atom. The molecule has 0 unspecified atom stereocenters. The van der Waals surface area contributed by atoms with E-state index in [9.17, 15) is 0 Å². The number of hydrogen-bond donors (Lipinski definition) is 1. The van der Waals surface area contributed by atoms with Crippen molar-refractivity contribution in [2.24, 2.45) is 0 Å². The van der Waals surface area contributed by atoms with Crippen molar-refractivity contribution < 1.29 is 29.6 Å².